The number of para-hydroxylation sites is 1. The molecule has 0 unspecified atom stereocenters. The number of likely N-dealkylation sites (tertiary alicyclic amines) is 1. The summed E-state index contributed by atoms with van der Waals surface area (Å²) in [6.07, 6.45) is -1.26. The average Bonchev–Trinajstić information content (AvgIpc) is 2.87. The Kier molecular flexibility index (Phi) is 5.67. The fourth-order valence-electron chi connectivity index (χ4n) is 3.76. The van der Waals surface area contributed by atoms with Crippen molar-refractivity contribution >= 4 is 21.8 Å². The van der Waals surface area contributed by atoms with Crippen LogP contribution >= 0.6 is 0 Å². The normalized spacial score (nSPS) is 22.7. The summed E-state index contributed by atoms with van der Waals surface area (Å²) in [6, 6.07) is 11.7. The van der Waals surface area contributed by atoms with Gasteiger partial charge in [-0.05, 0) is 30.7 Å². The van der Waals surface area contributed by atoms with E-state index in [4.69, 9.17) is 4.74 Å². The quantitative estimate of drug-likeness (QED) is 0.758. The van der Waals surface area contributed by atoms with Crippen LogP contribution in [0.5, 0.6) is 5.75 Å². The summed E-state index contributed by atoms with van der Waals surface area (Å²) in [5.74, 6) is -1.83. The van der Waals surface area contributed by atoms with Crippen molar-refractivity contribution < 1.29 is 32.2 Å². The molecule has 1 saturated heterocycles. The molecule has 164 valence electrons. The minimum absolute atomic E-state index is 0.0119. The molecule has 0 bridgehead atoms. The van der Waals surface area contributed by atoms with Crippen molar-refractivity contribution in [1.82, 2.24) is 9.21 Å². The zero-order chi connectivity index (χ0) is 22.2. The maximum atomic E-state index is 13.9. The molecule has 1 N–H and O–H groups in total. The third-order valence-electron chi connectivity index (χ3n) is 5.47. The Labute approximate surface area is 178 Å². The van der Waals surface area contributed by atoms with Crippen LogP contribution in [0, 0.1) is 5.82 Å². The molecular weight excluding hydrogens is 427 g/mol. The number of nitrogens with zero attached hydrogens (tertiary/aromatic N) is 2. The van der Waals surface area contributed by atoms with Crippen molar-refractivity contribution in [3.8, 4) is 5.75 Å². The van der Waals surface area contributed by atoms with Gasteiger partial charge >= 0.3 is 0 Å². The molecule has 0 saturated carbocycles. The van der Waals surface area contributed by atoms with Crippen molar-refractivity contribution in [2.45, 2.75) is 29.9 Å². The lowest BCUT2D eigenvalue weighted by Crippen LogP contribution is -2.43. The van der Waals surface area contributed by atoms with Crippen LogP contribution in [0.15, 0.2) is 53.4 Å². The summed E-state index contributed by atoms with van der Waals surface area (Å²) in [6.45, 7) is -0.291. The van der Waals surface area contributed by atoms with Crippen molar-refractivity contribution in [2.75, 3.05) is 19.6 Å². The van der Waals surface area contributed by atoms with Gasteiger partial charge in [0, 0.05) is 19.5 Å². The van der Waals surface area contributed by atoms with E-state index in [1.807, 2.05) is 0 Å². The van der Waals surface area contributed by atoms with Gasteiger partial charge in [0.2, 0.25) is 5.91 Å². The molecule has 2 aliphatic rings. The molecule has 2 amide bonds. The Hall–Kier alpha value is -2.98. The molecule has 0 aliphatic carbocycles. The van der Waals surface area contributed by atoms with E-state index in [9.17, 15) is 27.5 Å². The number of aliphatic hydroxyl groups excluding tert-OH is 1. The Morgan fingerprint density at radius 2 is 1.77 bits per heavy atom. The van der Waals surface area contributed by atoms with E-state index in [2.05, 4.69) is 0 Å². The molecule has 4 rings (SSSR count). The van der Waals surface area contributed by atoms with Crippen LogP contribution in [0.3, 0.4) is 0 Å². The van der Waals surface area contributed by atoms with Crippen LogP contribution in [-0.2, 0) is 14.8 Å². The van der Waals surface area contributed by atoms with E-state index in [1.54, 1.807) is 12.1 Å². The number of rotatable bonds is 4. The van der Waals surface area contributed by atoms with Gasteiger partial charge in [0.15, 0.2) is 11.6 Å². The Balaban J connectivity index is 1.43. The van der Waals surface area contributed by atoms with Crippen LogP contribution in [-0.4, -0.2) is 66.4 Å². The van der Waals surface area contributed by atoms with E-state index >= 15 is 0 Å². The predicted molar refractivity (Wildman–Crippen MR) is 107 cm³/mol. The first-order valence-electron chi connectivity index (χ1n) is 9.82. The molecule has 31 heavy (non-hydrogen) atoms. The number of hydrogen-bond donors (Lipinski definition) is 1. The number of amides is 2. The number of sulfonamides is 1. The van der Waals surface area contributed by atoms with Crippen LogP contribution in [0.1, 0.15) is 23.2 Å². The molecule has 2 heterocycles. The smallest absolute Gasteiger partial charge is 0.269 e. The van der Waals surface area contributed by atoms with Crippen molar-refractivity contribution in [3.05, 3.63) is 59.9 Å². The highest BCUT2D eigenvalue weighted by atomic mass is 32.2. The van der Waals surface area contributed by atoms with E-state index in [0.29, 0.717) is 4.31 Å². The second kappa shape index (κ2) is 8.27. The largest absolute Gasteiger partial charge is 0.485 e. The molecule has 2 atom stereocenters. The summed E-state index contributed by atoms with van der Waals surface area (Å²) in [7, 11) is -4.08. The third kappa shape index (κ3) is 4.00. The van der Waals surface area contributed by atoms with Crippen molar-refractivity contribution in [3.63, 3.8) is 0 Å². The van der Waals surface area contributed by atoms with Gasteiger partial charge in [-0.25, -0.2) is 17.1 Å². The zero-order valence-electron chi connectivity index (χ0n) is 16.5. The lowest BCUT2D eigenvalue weighted by Gasteiger charge is -2.23. The molecule has 0 radical (unpaired) electrons. The van der Waals surface area contributed by atoms with Crippen molar-refractivity contribution in [1.29, 1.82) is 0 Å². The highest BCUT2D eigenvalue weighted by Crippen LogP contribution is 2.30. The number of aliphatic hydroxyl groups is 1. The lowest BCUT2D eigenvalue weighted by atomic mass is 10.1. The minimum atomic E-state index is -4.08. The van der Waals surface area contributed by atoms with E-state index in [1.165, 1.54) is 41.3 Å². The highest BCUT2D eigenvalue weighted by molar-refractivity contribution is 7.90. The Morgan fingerprint density at radius 3 is 2.52 bits per heavy atom. The first-order chi connectivity index (χ1) is 14.8. The predicted octanol–water partition coefficient (Wildman–Crippen LogP) is 1.40. The van der Waals surface area contributed by atoms with Crippen LogP contribution in [0.2, 0.25) is 0 Å². The molecular formula is C21H21FN2O6S. The first-order valence-corrected chi connectivity index (χ1v) is 11.3. The molecule has 0 spiro atoms. The summed E-state index contributed by atoms with van der Waals surface area (Å²) < 4.78 is 45.4. The fourth-order valence-corrected chi connectivity index (χ4v) is 5.28. The van der Waals surface area contributed by atoms with Crippen LogP contribution < -0.4 is 4.74 Å². The molecule has 2 aromatic carbocycles. The van der Waals surface area contributed by atoms with Gasteiger partial charge in [-0.1, -0.05) is 24.3 Å². The lowest BCUT2D eigenvalue weighted by molar-refractivity contribution is -0.131. The van der Waals surface area contributed by atoms with E-state index in [0.717, 1.165) is 0 Å². The second-order valence-electron chi connectivity index (χ2n) is 7.43. The number of halogens is 1. The maximum absolute atomic E-state index is 13.9. The highest BCUT2D eigenvalue weighted by Gasteiger charge is 2.42. The number of fused-ring (bicyclic) bond motifs is 1. The number of carbonyl (C=O) groups is 2. The first kappa shape index (κ1) is 21.3. The van der Waals surface area contributed by atoms with Gasteiger partial charge in [-0.2, -0.15) is 0 Å². The fraction of sp³-hybridized carbons (Fsp3) is 0.333. The number of carbonyl (C=O) groups excluding carboxylic acids is 2. The van der Waals surface area contributed by atoms with Gasteiger partial charge < -0.3 is 14.7 Å². The zero-order valence-corrected chi connectivity index (χ0v) is 17.3. The monoisotopic (exact) mass is 448 g/mol. The second-order valence-corrected chi connectivity index (χ2v) is 9.26. The molecule has 8 nitrogen and oxygen atoms in total. The van der Waals surface area contributed by atoms with Crippen molar-refractivity contribution in [2.24, 2.45) is 0 Å². The summed E-state index contributed by atoms with van der Waals surface area (Å²) >= 11 is 0. The van der Waals surface area contributed by atoms with Gasteiger partial charge in [0.25, 0.3) is 15.9 Å². The molecule has 2 aromatic rings. The summed E-state index contributed by atoms with van der Waals surface area (Å²) in [5, 5.41) is 10.4. The summed E-state index contributed by atoms with van der Waals surface area (Å²) in [5.41, 5.74) is 0.0416. The van der Waals surface area contributed by atoms with Gasteiger partial charge in [-0.3, -0.25) is 9.59 Å². The Morgan fingerprint density at radius 1 is 1.10 bits per heavy atom. The average molecular weight is 448 g/mol. The minimum Gasteiger partial charge on any atom is -0.485 e. The SMILES string of the molecule is O=C(CN1C(=O)c2ccccc2S1(=O)=O)N1CC[C@H](Oc2ccccc2F)[C@@H](O)CC1. The topological polar surface area (TPSA) is 104 Å². The number of hydrogen-bond acceptors (Lipinski definition) is 6. The molecule has 10 heteroatoms. The Bertz CT molecular complexity index is 1120. The van der Waals surface area contributed by atoms with Gasteiger partial charge in [-0.15, -0.1) is 0 Å². The maximum Gasteiger partial charge on any atom is 0.269 e. The number of ether oxygens (including phenoxy) is 1. The van der Waals surface area contributed by atoms with E-state index in [-0.39, 0.29) is 42.1 Å². The summed E-state index contributed by atoms with van der Waals surface area (Å²) in [4.78, 5) is 26.6. The van der Waals surface area contributed by atoms with Crippen LogP contribution in [0.25, 0.3) is 0 Å². The van der Waals surface area contributed by atoms with Gasteiger partial charge in [0.1, 0.15) is 17.5 Å². The molecule has 2 aliphatic heterocycles. The molecule has 0 aromatic heterocycles. The standard InChI is InChI=1S/C21H21FN2O6S/c22-15-6-2-3-7-17(15)30-18-10-12-23(11-9-16(18)25)20(26)13-24-21(27)14-5-1-4-8-19(14)31(24,28)29/h1-8,16,18,25H,9-13H2/t16-,18-/m0/s1. The van der Waals surface area contributed by atoms with Crippen LogP contribution in [0.4, 0.5) is 4.39 Å². The van der Waals surface area contributed by atoms with E-state index < -0.39 is 46.4 Å². The van der Waals surface area contributed by atoms with Gasteiger partial charge in [0.05, 0.1) is 11.7 Å². The molecule has 1 fully saturated rings. The number of benzene rings is 2. The third-order valence-corrected chi connectivity index (χ3v) is 7.25.